The minimum Gasteiger partial charge on any atom is -0.726 e. The second-order valence-corrected chi connectivity index (χ2v) is 31.2. The third-order valence-electron chi connectivity index (χ3n) is 12.5. The van der Waals surface area contributed by atoms with Gasteiger partial charge in [0.25, 0.3) is 0 Å². The van der Waals surface area contributed by atoms with Crippen molar-refractivity contribution in [3.63, 3.8) is 0 Å². The maximum atomic E-state index is 12.2. The number of nitrogens with zero attached hydrogens (tertiary/aromatic N) is 2. The summed E-state index contributed by atoms with van der Waals surface area (Å²) in [5, 5.41) is 0. The summed E-state index contributed by atoms with van der Waals surface area (Å²) < 4.78 is 481. The Morgan fingerprint density at radius 1 is 0.200 bits per heavy atom. The van der Waals surface area contributed by atoms with Gasteiger partial charge in [-0.25, -0.2) is 101 Å². The highest BCUT2D eigenvalue weighted by Crippen LogP contribution is 2.38. The van der Waals surface area contributed by atoms with Crippen LogP contribution in [0.25, 0.3) is 0 Å². The predicted molar refractivity (Wildman–Crippen MR) is 272 cm³/mol. The molecule has 0 bridgehead atoms. The third-order valence-corrected chi connectivity index (χ3v) is 18.0. The van der Waals surface area contributed by atoms with Gasteiger partial charge < -0.3 is 54.6 Å². The molecule has 50 nitrogen and oxygen atoms in total. The van der Waals surface area contributed by atoms with Gasteiger partial charge in [-0.15, -0.1) is 0 Å². The fraction of sp³-hybridized carbons (Fsp3) is 0.758. The molecule has 95 heavy (non-hydrogen) atoms. The molecule has 0 N–H and O–H groups in total. The lowest BCUT2D eigenvalue weighted by Crippen LogP contribution is -2.64. The van der Waals surface area contributed by atoms with Crippen LogP contribution >= 0.6 is 0 Å². The number of unbranched alkanes of at least 4 members (excludes halogenated alkanes) is 6. The van der Waals surface area contributed by atoms with E-state index in [1.54, 1.807) is 0 Å². The van der Waals surface area contributed by atoms with E-state index in [2.05, 4.69) is 50.2 Å². The Bertz CT molecular complexity index is 3740. The summed E-state index contributed by atoms with van der Waals surface area (Å²) in [4.78, 5) is 0.961. The molecule has 0 aromatic carbocycles. The van der Waals surface area contributed by atoms with E-state index in [-0.39, 0.29) is 32.1 Å². The van der Waals surface area contributed by atoms with Crippen molar-refractivity contribution in [3.05, 3.63) is 48.6 Å². The summed E-state index contributed by atoms with van der Waals surface area (Å²) in [6.45, 7) is -1.93. The van der Waals surface area contributed by atoms with E-state index in [0.717, 1.165) is 0 Å². The molecule has 4 rings (SSSR count). The number of hydrogen-bond donors (Lipinski definition) is 0. The minimum atomic E-state index is -6.37. The van der Waals surface area contributed by atoms with Gasteiger partial charge in [0, 0.05) is 0 Å². The summed E-state index contributed by atoms with van der Waals surface area (Å²) in [6.07, 6.45) is -35.2. The summed E-state index contributed by atoms with van der Waals surface area (Å²) in [5.74, 6) is 0. The minimum absolute atomic E-state index is 0.125. The monoisotopic (exact) mass is 1620 g/mol. The van der Waals surface area contributed by atoms with E-state index < -0.39 is 248 Å². The highest BCUT2D eigenvalue weighted by Gasteiger charge is 2.53. The van der Waals surface area contributed by atoms with Gasteiger partial charge in [0.15, 0.2) is 0 Å². The molecule has 4 aliphatic rings. The normalized spacial score (nSPS) is 29.7. The van der Waals surface area contributed by atoms with Crippen LogP contribution in [0.5, 0.6) is 0 Å². The molecule has 0 saturated heterocycles. The van der Waals surface area contributed by atoms with Gasteiger partial charge in [0.05, 0.1) is 24.2 Å². The molecule has 62 heteroatoms. The molecule has 0 saturated carbocycles. The fourth-order valence-electron chi connectivity index (χ4n) is 9.82. The smallest absolute Gasteiger partial charge is 0.218 e. The van der Waals surface area contributed by atoms with Crippen molar-refractivity contribution in [3.8, 4) is 0 Å². The van der Waals surface area contributed by atoms with Gasteiger partial charge in [-0.3, -0.25) is 60.0 Å². The molecule has 0 radical (unpaired) electrons. The second kappa shape index (κ2) is 32.1. The van der Waals surface area contributed by atoms with Gasteiger partial charge in [-0.2, -0.15) is 0 Å². The zero-order chi connectivity index (χ0) is 72.9. The Morgan fingerprint density at radius 2 is 0.337 bits per heavy atom. The van der Waals surface area contributed by atoms with Crippen LogP contribution in [0.15, 0.2) is 48.6 Å². The van der Waals surface area contributed by atoms with Crippen LogP contribution in [-0.4, -0.2) is 276 Å². The molecular weight excluding hydrogens is 1580 g/mol. The first-order valence-electron chi connectivity index (χ1n) is 24.5. The summed E-state index contributed by atoms with van der Waals surface area (Å²) in [6, 6.07) is -9.86. The molecule has 0 unspecified atom stereocenters. The van der Waals surface area contributed by atoms with Gasteiger partial charge in [0.1, 0.15) is 73.2 Å². The van der Waals surface area contributed by atoms with Crippen molar-refractivity contribution in [1.82, 2.24) is 9.80 Å². The zero-order valence-electron chi connectivity index (χ0n) is 45.6. The van der Waals surface area contributed by atoms with Crippen molar-refractivity contribution in [2.45, 2.75) is 142 Å². The van der Waals surface area contributed by atoms with E-state index in [0.29, 0.717) is 58.4 Å². The summed E-state index contributed by atoms with van der Waals surface area (Å²) >= 11 is 0. The molecule has 0 aliphatic heterocycles. The molecule has 0 spiro atoms. The van der Waals surface area contributed by atoms with Crippen LogP contribution < -0.4 is 0 Å². The Balaban J connectivity index is 1.83. The van der Waals surface area contributed by atoms with Crippen molar-refractivity contribution < 1.29 is 206 Å². The second-order valence-electron chi connectivity index (χ2n) is 19.1. The third kappa shape index (κ3) is 31.0. The van der Waals surface area contributed by atoms with Crippen LogP contribution in [-0.2, 0) is 175 Å². The first kappa shape index (κ1) is 84.7. The Kier molecular flexibility index (Phi) is 28.6. The maximum absolute atomic E-state index is 12.2. The zero-order valence-corrected chi connectivity index (χ0v) is 55.4. The van der Waals surface area contributed by atoms with Crippen molar-refractivity contribution >= 4 is 125 Å². The predicted octanol–water partition coefficient (Wildman–Crippen LogP) is -9.78. The fourth-order valence-corrected chi connectivity index (χ4v) is 15.6. The molecule has 16 atom stereocenters. The van der Waals surface area contributed by atoms with Crippen molar-refractivity contribution in [1.29, 1.82) is 0 Å². The quantitative estimate of drug-likeness (QED) is 0.0240. The molecule has 4 aliphatic carbocycles. The van der Waals surface area contributed by atoms with Crippen LogP contribution in [0, 0.1) is 0 Å². The van der Waals surface area contributed by atoms with Crippen molar-refractivity contribution in [2.75, 3.05) is 13.1 Å². The molecule has 0 fully saturated rings. The SMILES string of the molecule is O=S(=O)([O-])O[C@H]1[C@H](OS(=O)(=O)[O-])[C@@H](N(CCCCCCCCCN([C@H]2C=C[C@@H](OS(=O)(=O)[O-])[C@@H](OS(=O)(=O)[O-])[C@@H]2OS(=O)(=O)[O-])[C@H]2C=C[C@@H](OS(=O)(=O)[O-])[C@@H](OS(=O)(=O)[O-])[C@@H]2OS(=O)(=O)[O-])[C@H]2C=C[C@@H](OS(=O)(=O)[O-])[C@@H](OS(=O)(=O)[O-])[C@@H]2OS(=O)(=O)[O-])C=C[C@H]1OS(=O)(=O)[O-]. The van der Waals surface area contributed by atoms with Gasteiger partial charge in [0.2, 0.25) is 125 Å². The van der Waals surface area contributed by atoms with E-state index in [1.807, 2.05) is 0 Å². The lowest BCUT2D eigenvalue weighted by atomic mass is 9.87. The average molecular weight is 1620 g/mol. The largest absolute Gasteiger partial charge is 0.726 e. The highest BCUT2D eigenvalue weighted by molar-refractivity contribution is 7.83. The Labute approximate surface area is 541 Å². The lowest BCUT2D eigenvalue weighted by Gasteiger charge is -2.48. The topological polar surface area (TPSA) is 804 Å². The standard InChI is InChI=1S/C33H54N2O48S12/c36-84(37,38)72-22-12-8-18(26(76-88(48,49)50)30(22)80-92(60,61)62)34(19-9-13-23(73-85(39,40)41)31(81-93(63,64)65)27(19)77-89(51,52)53)16-6-4-2-1-3-5-7-17-35(20-10-14-24(74-86(42,43)44)32(82-94(66,67)68)28(20)78-90(54,55)56)21-11-15-25(75-87(45,46)47)33(83-95(69,70)71)29(21)79-91(57,58)59/h8-15,18-33H,1-7,16-17H2,(H,36,37,38)(H,39,40,41)(H,42,43,44)(H,45,46,47)(H,48,49,50)(H,51,52,53)(H,54,55,56)(H,57,58,59)(H,60,61,62)(H,63,64,65)(H,66,67,68)(H,69,70,71)/p-12/t18-,19-,20-,21-,22+,23+,24+,25+,26+,27+,28+,29+,30+,31+,32+,33+/m0/s1. The number of rotatable bonds is 38. The van der Waals surface area contributed by atoms with Crippen molar-refractivity contribution in [2.24, 2.45) is 0 Å². The first-order chi connectivity index (χ1) is 42.6. The highest BCUT2D eigenvalue weighted by atomic mass is 32.3. The van der Waals surface area contributed by atoms with Crippen LogP contribution in [0.3, 0.4) is 0 Å². The van der Waals surface area contributed by atoms with Gasteiger partial charge >= 0.3 is 0 Å². The van der Waals surface area contributed by atoms with E-state index in [9.17, 15) is 156 Å². The van der Waals surface area contributed by atoms with Crippen LogP contribution in [0.2, 0.25) is 0 Å². The van der Waals surface area contributed by atoms with Gasteiger partial charge in [-0.05, 0) is 25.9 Å². The summed E-state index contributed by atoms with van der Waals surface area (Å²) in [5.41, 5.74) is 0. The van der Waals surface area contributed by atoms with Gasteiger partial charge in [-0.1, -0.05) is 80.7 Å². The molecule has 0 heterocycles. The molecule has 0 amide bonds. The van der Waals surface area contributed by atoms with E-state index in [4.69, 9.17) is 0 Å². The Morgan fingerprint density at radius 3 is 0.484 bits per heavy atom. The molecular formula is C33H42N2O48S12-12. The number of hydrogen-bond acceptors (Lipinski definition) is 50. The van der Waals surface area contributed by atoms with E-state index in [1.165, 1.54) is 0 Å². The lowest BCUT2D eigenvalue weighted by molar-refractivity contribution is -0.0831. The average Bonchev–Trinajstić information content (AvgIpc) is 0.766. The molecule has 0 aromatic heterocycles. The first-order valence-corrected chi connectivity index (χ1v) is 40.5. The molecule has 556 valence electrons. The maximum Gasteiger partial charge on any atom is 0.218 e. The van der Waals surface area contributed by atoms with Crippen LogP contribution in [0.4, 0.5) is 0 Å². The van der Waals surface area contributed by atoms with E-state index >= 15 is 0 Å². The Hall–Kier alpha value is -2.68. The summed E-state index contributed by atoms with van der Waals surface area (Å²) in [7, 11) is -75.2. The van der Waals surface area contributed by atoms with Crippen LogP contribution in [0.1, 0.15) is 44.9 Å². The molecule has 0 aromatic rings.